The van der Waals surface area contributed by atoms with Crippen LogP contribution in [0.15, 0.2) is 84.9 Å². The quantitative estimate of drug-likeness (QED) is 0.279. The molecule has 7 heteroatoms. The van der Waals surface area contributed by atoms with Crippen molar-refractivity contribution in [3.63, 3.8) is 0 Å². The molecule has 0 bridgehead atoms. The minimum absolute atomic E-state index is 0.564. The Hall–Kier alpha value is -2.66. The molecule has 0 aliphatic carbocycles. The van der Waals surface area contributed by atoms with Gasteiger partial charge in [-0.1, -0.05) is 54.1 Å². The van der Waals surface area contributed by atoms with Gasteiger partial charge in [0.2, 0.25) is 8.45 Å². The molecular formula is C24H27N4OPS. The lowest BCUT2D eigenvalue weighted by molar-refractivity contribution is 0.357. The molecule has 3 aromatic carbocycles. The van der Waals surface area contributed by atoms with Gasteiger partial charge in [0, 0.05) is 36.7 Å². The molecule has 0 amide bonds. The molecule has 0 radical (unpaired) electrons. The first kappa shape index (κ1) is 21.6. The zero-order valence-electron chi connectivity index (χ0n) is 17.6. The highest BCUT2D eigenvalue weighted by atomic mass is 32.1. The van der Waals surface area contributed by atoms with E-state index in [1.807, 2.05) is 24.3 Å². The lowest BCUT2D eigenvalue weighted by Gasteiger charge is -2.30. The van der Waals surface area contributed by atoms with Gasteiger partial charge in [0.05, 0.1) is 6.61 Å². The second-order valence-corrected chi connectivity index (χ2v) is 9.39. The van der Waals surface area contributed by atoms with Gasteiger partial charge in [-0.25, -0.2) is 0 Å². The standard InChI is InChI=1S/C24H27N4OPS/c1-20-12-14-21(15-13-20)26-24(31)25-16-19-29-30-27(22-8-4-2-5-9-22)17-18-28(30)23-10-6-3-7-11-23/h2-15H,16-19H2,1H3,(H2,25,26,31). The number of nitrogens with one attached hydrogen (secondary N) is 2. The Morgan fingerprint density at radius 2 is 1.42 bits per heavy atom. The average Bonchev–Trinajstić information content (AvgIpc) is 3.23. The summed E-state index contributed by atoms with van der Waals surface area (Å²) >= 11 is 5.42. The maximum atomic E-state index is 6.42. The molecule has 0 atom stereocenters. The molecule has 1 fully saturated rings. The van der Waals surface area contributed by atoms with Crippen LogP contribution in [-0.2, 0) is 4.52 Å². The third-order valence-corrected chi connectivity index (χ3v) is 7.30. The zero-order valence-corrected chi connectivity index (χ0v) is 19.3. The van der Waals surface area contributed by atoms with Crippen LogP contribution in [-0.4, -0.2) is 31.4 Å². The Kier molecular flexibility index (Phi) is 7.36. The van der Waals surface area contributed by atoms with Crippen molar-refractivity contribution >= 4 is 42.8 Å². The summed E-state index contributed by atoms with van der Waals surface area (Å²) in [7, 11) is -0.944. The number of benzene rings is 3. The number of rotatable bonds is 7. The first-order valence-electron chi connectivity index (χ1n) is 10.4. The van der Waals surface area contributed by atoms with E-state index >= 15 is 0 Å². The number of aryl methyl sites for hydroxylation is 1. The van der Waals surface area contributed by atoms with Crippen molar-refractivity contribution in [2.45, 2.75) is 6.92 Å². The van der Waals surface area contributed by atoms with Crippen LogP contribution in [0.4, 0.5) is 17.1 Å². The summed E-state index contributed by atoms with van der Waals surface area (Å²) in [6, 6.07) is 29.1. The average molecular weight is 451 g/mol. The number of para-hydroxylation sites is 2. The maximum Gasteiger partial charge on any atom is 0.248 e. The molecule has 1 saturated heterocycles. The van der Waals surface area contributed by atoms with Crippen molar-refractivity contribution in [3.05, 3.63) is 90.5 Å². The molecule has 5 nitrogen and oxygen atoms in total. The number of hydrogen-bond donors (Lipinski definition) is 2. The number of anilines is 3. The van der Waals surface area contributed by atoms with Gasteiger partial charge < -0.3 is 24.5 Å². The van der Waals surface area contributed by atoms with Gasteiger partial charge in [-0.15, -0.1) is 0 Å². The smallest absolute Gasteiger partial charge is 0.248 e. The van der Waals surface area contributed by atoms with Crippen molar-refractivity contribution in [1.82, 2.24) is 5.32 Å². The topological polar surface area (TPSA) is 39.8 Å². The summed E-state index contributed by atoms with van der Waals surface area (Å²) < 4.78 is 11.2. The highest BCUT2D eigenvalue weighted by Crippen LogP contribution is 2.53. The molecule has 1 aliphatic heterocycles. The molecule has 0 saturated carbocycles. The molecule has 160 valence electrons. The molecule has 31 heavy (non-hydrogen) atoms. The highest BCUT2D eigenvalue weighted by Gasteiger charge is 2.34. The second-order valence-electron chi connectivity index (χ2n) is 7.25. The summed E-state index contributed by atoms with van der Waals surface area (Å²) in [5.41, 5.74) is 4.59. The first-order valence-corrected chi connectivity index (χ1v) is 12.0. The summed E-state index contributed by atoms with van der Waals surface area (Å²) in [4.78, 5) is 0. The summed E-state index contributed by atoms with van der Waals surface area (Å²) in [6.07, 6.45) is 0. The molecule has 2 N–H and O–H groups in total. The Balaban J connectivity index is 1.35. The molecular weight excluding hydrogens is 423 g/mol. The van der Waals surface area contributed by atoms with Gasteiger partial charge in [-0.2, -0.15) is 0 Å². The van der Waals surface area contributed by atoms with E-state index < -0.39 is 8.45 Å². The van der Waals surface area contributed by atoms with Gasteiger partial charge in [-0.05, 0) is 55.5 Å². The van der Waals surface area contributed by atoms with Crippen molar-refractivity contribution < 1.29 is 4.52 Å². The fourth-order valence-electron chi connectivity index (χ4n) is 3.39. The number of hydrogen-bond acceptors (Lipinski definition) is 4. The van der Waals surface area contributed by atoms with Crippen LogP contribution in [0, 0.1) is 6.92 Å². The SMILES string of the molecule is Cc1ccc(NC(=S)NCCOP2N(c3ccccc3)CCN2c2ccccc2)cc1. The number of nitrogens with zero attached hydrogens (tertiary/aromatic N) is 2. The molecule has 0 aromatic heterocycles. The van der Waals surface area contributed by atoms with Gasteiger partial charge in [-0.3, -0.25) is 0 Å². The molecule has 4 rings (SSSR count). The van der Waals surface area contributed by atoms with Crippen LogP contribution in [0.1, 0.15) is 5.56 Å². The number of thiocarbonyl (C=S) groups is 1. The minimum Gasteiger partial charge on any atom is -0.360 e. The molecule has 3 aromatic rings. The predicted molar refractivity (Wildman–Crippen MR) is 136 cm³/mol. The zero-order chi connectivity index (χ0) is 21.5. The van der Waals surface area contributed by atoms with E-state index in [0.717, 1.165) is 18.8 Å². The predicted octanol–water partition coefficient (Wildman–Crippen LogP) is 5.55. The second kappa shape index (κ2) is 10.6. The van der Waals surface area contributed by atoms with Gasteiger partial charge in [0.1, 0.15) is 0 Å². The maximum absolute atomic E-state index is 6.42. The van der Waals surface area contributed by atoms with Crippen molar-refractivity contribution in [2.75, 3.05) is 40.9 Å². The summed E-state index contributed by atoms with van der Waals surface area (Å²) in [6.45, 7) is 5.15. The van der Waals surface area contributed by atoms with Gasteiger partial charge >= 0.3 is 0 Å². The van der Waals surface area contributed by atoms with Crippen molar-refractivity contribution in [2.24, 2.45) is 0 Å². The van der Waals surface area contributed by atoms with E-state index in [1.165, 1.54) is 16.9 Å². The van der Waals surface area contributed by atoms with Crippen LogP contribution in [0.3, 0.4) is 0 Å². The Labute approximate surface area is 191 Å². The van der Waals surface area contributed by atoms with Crippen molar-refractivity contribution in [3.8, 4) is 0 Å². The van der Waals surface area contributed by atoms with E-state index in [9.17, 15) is 0 Å². The minimum atomic E-state index is -0.944. The van der Waals surface area contributed by atoms with E-state index in [-0.39, 0.29) is 0 Å². The Bertz CT molecular complexity index is 924. The largest absolute Gasteiger partial charge is 0.360 e. The van der Waals surface area contributed by atoms with Crippen molar-refractivity contribution in [1.29, 1.82) is 0 Å². The van der Waals surface area contributed by atoms with E-state index in [1.54, 1.807) is 0 Å². The lowest BCUT2D eigenvalue weighted by Crippen LogP contribution is -2.31. The summed E-state index contributed by atoms with van der Waals surface area (Å²) in [5.74, 6) is 0. The van der Waals surface area contributed by atoms with Gasteiger partial charge in [0.25, 0.3) is 0 Å². The third-order valence-electron chi connectivity index (χ3n) is 4.95. The fraction of sp³-hybridized carbons (Fsp3) is 0.208. The first-order chi connectivity index (χ1) is 15.2. The molecule has 0 spiro atoms. The van der Waals surface area contributed by atoms with E-state index in [2.05, 4.69) is 87.6 Å². The van der Waals surface area contributed by atoms with Crippen LogP contribution < -0.4 is 20.0 Å². The van der Waals surface area contributed by atoms with Crippen LogP contribution >= 0.6 is 20.7 Å². The highest BCUT2D eigenvalue weighted by molar-refractivity contribution is 7.80. The molecule has 1 heterocycles. The van der Waals surface area contributed by atoms with Crippen LogP contribution in [0.25, 0.3) is 0 Å². The van der Waals surface area contributed by atoms with Crippen LogP contribution in [0.2, 0.25) is 0 Å². The van der Waals surface area contributed by atoms with E-state index in [4.69, 9.17) is 16.7 Å². The Morgan fingerprint density at radius 1 is 0.871 bits per heavy atom. The monoisotopic (exact) mass is 450 g/mol. The van der Waals surface area contributed by atoms with Gasteiger partial charge in [0.15, 0.2) is 5.11 Å². The molecule has 0 unspecified atom stereocenters. The Morgan fingerprint density at radius 3 is 1.97 bits per heavy atom. The lowest BCUT2D eigenvalue weighted by atomic mass is 10.2. The van der Waals surface area contributed by atoms with Crippen LogP contribution in [0.5, 0.6) is 0 Å². The fourth-order valence-corrected chi connectivity index (χ4v) is 5.59. The third kappa shape index (κ3) is 5.73. The molecule has 1 aliphatic rings. The summed E-state index contributed by atoms with van der Waals surface area (Å²) in [5, 5.41) is 7.07. The normalized spacial score (nSPS) is 14.0. The van der Waals surface area contributed by atoms with E-state index in [0.29, 0.717) is 18.3 Å².